The van der Waals surface area contributed by atoms with E-state index in [0.29, 0.717) is 17.0 Å². The molecule has 2 aromatic rings. The zero-order valence-electron chi connectivity index (χ0n) is 15.6. The molecule has 1 amide bonds. The third-order valence-electron chi connectivity index (χ3n) is 5.25. The van der Waals surface area contributed by atoms with Gasteiger partial charge >= 0.3 is 0 Å². The molecule has 0 bridgehead atoms. The Morgan fingerprint density at radius 1 is 1.22 bits per heavy atom. The maximum Gasteiger partial charge on any atom is 0.237 e. The third-order valence-corrected chi connectivity index (χ3v) is 7.41. The fourth-order valence-electron chi connectivity index (χ4n) is 3.79. The molecule has 1 aromatic heterocycles. The maximum absolute atomic E-state index is 13.0. The summed E-state index contributed by atoms with van der Waals surface area (Å²) in [5, 5.41) is 13.5. The zero-order chi connectivity index (χ0) is 18.6. The predicted octanol–water partition coefficient (Wildman–Crippen LogP) is 4.19. The molecule has 1 aliphatic heterocycles. The monoisotopic (exact) mass is 403 g/mol. The van der Waals surface area contributed by atoms with Gasteiger partial charge in [-0.2, -0.15) is 0 Å². The molecule has 4 rings (SSSR count). The fourth-order valence-corrected chi connectivity index (χ4v) is 5.72. The van der Waals surface area contributed by atoms with Crippen molar-refractivity contribution in [3.8, 4) is 0 Å². The number of para-hydroxylation sites is 1. The van der Waals surface area contributed by atoms with Gasteiger partial charge in [-0.15, -0.1) is 16.9 Å². The summed E-state index contributed by atoms with van der Waals surface area (Å²) in [6, 6.07) is 8.59. The molecule has 0 radical (unpaired) electrons. The first-order valence-electron chi connectivity index (χ1n) is 9.69. The van der Waals surface area contributed by atoms with Gasteiger partial charge in [0.25, 0.3) is 0 Å². The number of carbonyl (C=O) groups excluding carboxylic acids is 1. The molecular weight excluding hydrogens is 378 g/mol. The highest BCUT2D eigenvalue weighted by Gasteiger charge is 2.25. The van der Waals surface area contributed by atoms with Crippen molar-refractivity contribution in [2.75, 3.05) is 17.2 Å². The van der Waals surface area contributed by atoms with Gasteiger partial charge in [0, 0.05) is 16.7 Å². The van der Waals surface area contributed by atoms with Crippen LogP contribution in [-0.4, -0.2) is 43.7 Å². The van der Waals surface area contributed by atoms with Gasteiger partial charge in [0.1, 0.15) is 0 Å². The molecule has 0 saturated heterocycles. The van der Waals surface area contributed by atoms with Crippen molar-refractivity contribution >= 4 is 35.1 Å². The van der Waals surface area contributed by atoms with Gasteiger partial charge in [-0.25, -0.2) is 4.68 Å². The van der Waals surface area contributed by atoms with Crippen LogP contribution < -0.4 is 4.90 Å². The summed E-state index contributed by atoms with van der Waals surface area (Å²) in [6.45, 7) is 2.99. The van der Waals surface area contributed by atoms with Crippen LogP contribution >= 0.6 is 23.5 Å². The zero-order valence-corrected chi connectivity index (χ0v) is 17.2. The van der Waals surface area contributed by atoms with Crippen molar-refractivity contribution in [3.63, 3.8) is 0 Å². The first kappa shape index (κ1) is 18.8. The summed E-state index contributed by atoms with van der Waals surface area (Å²) in [4.78, 5) is 16.1. The molecule has 2 heterocycles. The summed E-state index contributed by atoms with van der Waals surface area (Å²) in [7, 11) is 0. The van der Waals surface area contributed by atoms with Gasteiger partial charge in [0.05, 0.1) is 17.5 Å². The Bertz CT molecular complexity index is 790. The lowest BCUT2D eigenvalue weighted by molar-refractivity contribution is -0.116. The molecule has 1 aromatic carbocycles. The Kier molecular flexibility index (Phi) is 6.02. The minimum atomic E-state index is 0.125. The number of carbonyl (C=O) groups is 1. The highest BCUT2D eigenvalue weighted by Crippen LogP contribution is 2.37. The van der Waals surface area contributed by atoms with E-state index in [1.54, 1.807) is 0 Å². The van der Waals surface area contributed by atoms with Crippen LogP contribution in [0.5, 0.6) is 0 Å². The summed E-state index contributed by atoms with van der Waals surface area (Å²) < 4.78 is 1.94. The molecule has 0 N–H and O–H groups in total. The number of hydrogen-bond acceptors (Lipinski definition) is 6. The second-order valence-electron chi connectivity index (χ2n) is 7.22. The maximum atomic E-state index is 13.0. The van der Waals surface area contributed by atoms with Crippen LogP contribution in [0.15, 0.2) is 34.3 Å². The Morgan fingerprint density at radius 3 is 2.89 bits per heavy atom. The normalized spacial score (nSPS) is 20.9. The lowest BCUT2D eigenvalue weighted by Gasteiger charge is -2.23. The number of rotatable bonds is 4. The molecule has 8 heteroatoms. The quantitative estimate of drug-likeness (QED) is 0.714. The molecule has 1 fully saturated rings. The first-order chi connectivity index (χ1) is 13.2. The molecular formula is C19H25N5OS2. The topological polar surface area (TPSA) is 63.9 Å². The number of thioether (sulfide) groups is 2. The number of hydrogen-bond donors (Lipinski definition) is 0. The molecule has 6 nitrogen and oxygen atoms in total. The van der Waals surface area contributed by atoms with E-state index < -0.39 is 0 Å². The highest BCUT2D eigenvalue weighted by atomic mass is 32.2. The standard InChI is InChI=1S/C19H25N5OS2/c1-14-11-12-23(16-9-5-6-10-17(16)27-14)18(25)13-26-19-20-21-22-24(19)15-7-3-2-4-8-15/h5-6,9-10,14-15H,2-4,7-8,11-13H2,1H3. The van der Waals surface area contributed by atoms with Crippen molar-refractivity contribution in [2.24, 2.45) is 0 Å². The van der Waals surface area contributed by atoms with Crippen LogP contribution in [0.4, 0.5) is 5.69 Å². The predicted molar refractivity (Wildman–Crippen MR) is 109 cm³/mol. The Morgan fingerprint density at radius 2 is 2.04 bits per heavy atom. The molecule has 1 unspecified atom stereocenters. The molecule has 144 valence electrons. The minimum absolute atomic E-state index is 0.125. The Hall–Kier alpha value is -1.54. The molecule has 2 aliphatic rings. The van der Waals surface area contributed by atoms with Crippen LogP contribution in [0.1, 0.15) is 51.5 Å². The SMILES string of the molecule is CC1CCN(C(=O)CSc2nnnn2C2CCCCC2)c2ccccc2S1. The number of benzene rings is 1. The molecule has 27 heavy (non-hydrogen) atoms. The number of fused-ring (bicyclic) bond motifs is 1. The number of amides is 1. The summed E-state index contributed by atoms with van der Waals surface area (Å²) in [5.74, 6) is 0.487. The average molecular weight is 404 g/mol. The van der Waals surface area contributed by atoms with E-state index in [2.05, 4.69) is 34.6 Å². The number of aromatic nitrogens is 4. The largest absolute Gasteiger partial charge is 0.311 e. The summed E-state index contributed by atoms with van der Waals surface area (Å²) >= 11 is 3.31. The van der Waals surface area contributed by atoms with Crippen LogP contribution in [-0.2, 0) is 4.79 Å². The Labute approximate surface area is 168 Å². The van der Waals surface area contributed by atoms with Crippen molar-refractivity contribution in [3.05, 3.63) is 24.3 Å². The fraction of sp³-hybridized carbons (Fsp3) is 0.579. The van der Waals surface area contributed by atoms with Gasteiger partial charge in [-0.3, -0.25) is 4.79 Å². The third kappa shape index (κ3) is 4.32. The summed E-state index contributed by atoms with van der Waals surface area (Å²) in [5.41, 5.74) is 1.03. The van der Waals surface area contributed by atoms with E-state index in [1.165, 1.54) is 35.9 Å². The van der Waals surface area contributed by atoms with E-state index in [0.717, 1.165) is 36.7 Å². The minimum Gasteiger partial charge on any atom is -0.311 e. The van der Waals surface area contributed by atoms with E-state index >= 15 is 0 Å². The van der Waals surface area contributed by atoms with Gasteiger partial charge in [-0.1, -0.05) is 50.1 Å². The van der Waals surface area contributed by atoms with Crippen molar-refractivity contribution in [1.29, 1.82) is 0 Å². The van der Waals surface area contributed by atoms with Gasteiger partial charge < -0.3 is 4.90 Å². The molecule has 1 atom stereocenters. The second kappa shape index (κ2) is 8.65. The van der Waals surface area contributed by atoms with Crippen LogP contribution in [0.2, 0.25) is 0 Å². The first-order valence-corrected chi connectivity index (χ1v) is 11.6. The van der Waals surface area contributed by atoms with Crippen LogP contribution in [0, 0.1) is 0 Å². The molecule has 0 spiro atoms. The second-order valence-corrected chi connectivity index (χ2v) is 9.64. The smallest absolute Gasteiger partial charge is 0.237 e. The van der Waals surface area contributed by atoms with Gasteiger partial charge in [0.2, 0.25) is 11.1 Å². The van der Waals surface area contributed by atoms with Crippen LogP contribution in [0.25, 0.3) is 0 Å². The van der Waals surface area contributed by atoms with E-state index in [4.69, 9.17) is 0 Å². The van der Waals surface area contributed by atoms with E-state index in [1.807, 2.05) is 33.5 Å². The van der Waals surface area contributed by atoms with Crippen molar-refractivity contribution in [2.45, 2.75) is 66.8 Å². The van der Waals surface area contributed by atoms with Crippen molar-refractivity contribution in [1.82, 2.24) is 20.2 Å². The van der Waals surface area contributed by atoms with Crippen molar-refractivity contribution < 1.29 is 4.79 Å². The number of nitrogens with zero attached hydrogens (tertiary/aromatic N) is 5. The lowest BCUT2D eigenvalue weighted by Crippen LogP contribution is -2.33. The average Bonchev–Trinajstić information content (AvgIpc) is 3.10. The lowest BCUT2D eigenvalue weighted by atomic mass is 9.96. The number of anilines is 1. The highest BCUT2D eigenvalue weighted by molar-refractivity contribution is 8.00. The van der Waals surface area contributed by atoms with Gasteiger partial charge in [-0.05, 0) is 41.8 Å². The summed E-state index contributed by atoms with van der Waals surface area (Å²) in [6.07, 6.45) is 7.00. The van der Waals surface area contributed by atoms with Crippen LogP contribution in [0.3, 0.4) is 0 Å². The van der Waals surface area contributed by atoms with Gasteiger partial charge in [0.15, 0.2) is 0 Å². The van der Waals surface area contributed by atoms with E-state index in [9.17, 15) is 4.79 Å². The molecule has 1 saturated carbocycles. The molecule has 1 aliphatic carbocycles. The number of tetrazole rings is 1. The van der Waals surface area contributed by atoms with E-state index in [-0.39, 0.29) is 5.91 Å². The Balaban J connectivity index is 1.45.